The van der Waals surface area contributed by atoms with Crippen LogP contribution in [0.1, 0.15) is 11.1 Å². The van der Waals surface area contributed by atoms with E-state index < -0.39 is 45.9 Å². The fourth-order valence-corrected chi connectivity index (χ4v) is 3.02. The smallest absolute Gasteiger partial charge is 0.280 e. The molecule has 0 aliphatic heterocycles. The van der Waals surface area contributed by atoms with Crippen molar-refractivity contribution in [2.75, 3.05) is 0 Å². The predicted molar refractivity (Wildman–Crippen MR) is 81.1 cm³/mol. The maximum absolute atomic E-state index is 12.8. The minimum absolute atomic E-state index is 0.108. The number of halogens is 10. The number of thioether (sulfide) groups is 2. The number of rotatable bonds is 6. The molecule has 0 amide bonds. The van der Waals surface area contributed by atoms with Crippen molar-refractivity contribution < 1.29 is 53.5 Å². The highest BCUT2D eigenvalue weighted by Crippen LogP contribution is 2.40. The van der Waals surface area contributed by atoms with Crippen LogP contribution in [0, 0.1) is 0 Å². The van der Waals surface area contributed by atoms with Crippen LogP contribution in [0.15, 0.2) is 24.3 Å². The van der Waals surface area contributed by atoms with E-state index in [1.54, 1.807) is 0 Å². The van der Waals surface area contributed by atoms with E-state index in [0.717, 1.165) is 24.3 Å². The maximum atomic E-state index is 12.8. The number of hydrogen-bond acceptors (Lipinski definition) is 4. The van der Waals surface area contributed by atoms with Crippen molar-refractivity contribution in [3.63, 3.8) is 0 Å². The summed E-state index contributed by atoms with van der Waals surface area (Å²) in [6.07, 6.45) is -12.1. The number of carbonyl (C=O) groups excluding carboxylic acids is 2. The van der Waals surface area contributed by atoms with Gasteiger partial charge in [-0.2, -0.15) is 43.9 Å². The predicted octanol–water partition coefficient (Wildman–Crippen LogP) is 5.60. The molecule has 0 spiro atoms. The van der Waals surface area contributed by atoms with Gasteiger partial charge in [-0.1, -0.05) is 47.8 Å². The van der Waals surface area contributed by atoms with Crippen molar-refractivity contribution in [2.45, 2.75) is 35.7 Å². The molecule has 158 valence electrons. The third-order valence-corrected chi connectivity index (χ3v) is 4.98. The van der Waals surface area contributed by atoms with Crippen LogP contribution in [-0.4, -0.2) is 34.4 Å². The Morgan fingerprint density at radius 1 is 0.607 bits per heavy atom. The molecule has 0 heterocycles. The van der Waals surface area contributed by atoms with Gasteiger partial charge in [0.25, 0.3) is 10.2 Å². The fourth-order valence-electron chi connectivity index (χ4n) is 1.44. The normalized spacial score (nSPS) is 13.5. The van der Waals surface area contributed by atoms with E-state index >= 15 is 0 Å². The largest absolute Gasteiger partial charge is 0.462 e. The summed E-state index contributed by atoms with van der Waals surface area (Å²) in [5, 5.41) is -4.83. The van der Waals surface area contributed by atoms with E-state index in [9.17, 15) is 53.5 Å². The minimum atomic E-state index is -6.04. The summed E-state index contributed by atoms with van der Waals surface area (Å²) in [4.78, 5) is 22.0. The molecule has 1 aromatic carbocycles. The highest BCUT2D eigenvalue weighted by molar-refractivity contribution is 8.13. The number of hydrogen-bond donors (Lipinski definition) is 0. The lowest BCUT2D eigenvalue weighted by Gasteiger charge is -2.17. The highest BCUT2D eigenvalue weighted by atomic mass is 32.2. The van der Waals surface area contributed by atoms with Gasteiger partial charge in [-0.25, -0.2) is 0 Å². The first-order valence-corrected chi connectivity index (χ1v) is 8.78. The van der Waals surface area contributed by atoms with Crippen molar-refractivity contribution in [2.24, 2.45) is 0 Å². The molecule has 0 radical (unpaired) electrons. The lowest BCUT2D eigenvalue weighted by atomic mass is 10.2. The van der Waals surface area contributed by atoms with Crippen LogP contribution < -0.4 is 0 Å². The first-order valence-electron chi connectivity index (χ1n) is 6.81. The number of benzene rings is 1. The summed E-state index contributed by atoms with van der Waals surface area (Å²) in [7, 11) is 0. The lowest BCUT2D eigenvalue weighted by molar-refractivity contribution is -0.264. The summed E-state index contributed by atoms with van der Waals surface area (Å²) >= 11 is -0.598. The molecule has 0 saturated carbocycles. The molecule has 1 rings (SSSR count). The second-order valence-corrected chi connectivity index (χ2v) is 7.01. The molecule has 1 aromatic rings. The Bertz CT molecular complexity index is 649. The summed E-state index contributed by atoms with van der Waals surface area (Å²) < 4.78 is 123. The zero-order chi connectivity index (χ0) is 22.0. The van der Waals surface area contributed by atoms with Crippen LogP contribution in [0.3, 0.4) is 0 Å². The Hall–Kier alpha value is -1.44. The van der Waals surface area contributed by atoms with Gasteiger partial charge in [-0.15, -0.1) is 0 Å². The molecule has 0 fully saturated rings. The quantitative estimate of drug-likeness (QED) is 0.516. The van der Waals surface area contributed by atoms with E-state index in [1.165, 1.54) is 0 Å². The van der Waals surface area contributed by atoms with Crippen LogP contribution in [0.2, 0.25) is 0 Å². The van der Waals surface area contributed by atoms with Crippen LogP contribution >= 0.6 is 23.5 Å². The van der Waals surface area contributed by atoms with Gasteiger partial charge in [0.05, 0.1) is 0 Å². The molecule has 0 aromatic heterocycles. The zero-order valence-electron chi connectivity index (χ0n) is 13.1. The van der Waals surface area contributed by atoms with Gasteiger partial charge >= 0.3 is 24.2 Å². The Morgan fingerprint density at radius 2 is 0.857 bits per heavy atom. The summed E-state index contributed by atoms with van der Waals surface area (Å²) in [5.74, 6) is -12.2. The Kier molecular flexibility index (Phi) is 7.48. The van der Waals surface area contributed by atoms with E-state index in [1.807, 2.05) is 0 Å². The molecule has 0 atom stereocenters. The van der Waals surface area contributed by atoms with Crippen molar-refractivity contribution in [1.29, 1.82) is 0 Å². The summed E-state index contributed by atoms with van der Waals surface area (Å²) in [6, 6.07) is 4.53. The first kappa shape index (κ1) is 24.6. The molecule has 0 bridgehead atoms. The maximum Gasteiger partial charge on any atom is 0.462 e. The molecule has 2 nitrogen and oxygen atoms in total. The van der Waals surface area contributed by atoms with Gasteiger partial charge < -0.3 is 0 Å². The highest BCUT2D eigenvalue weighted by Gasteiger charge is 2.63. The topological polar surface area (TPSA) is 34.1 Å². The molecular formula is C14H8F10O2S2. The van der Waals surface area contributed by atoms with Crippen LogP contribution in [-0.2, 0) is 21.1 Å². The van der Waals surface area contributed by atoms with Gasteiger partial charge in [-0.3, -0.25) is 9.59 Å². The van der Waals surface area contributed by atoms with Crippen molar-refractivity contribution in [3.05, 3.63) is 35.4 Å². The van der Waals surface area contributed by atoms with Gasteiger partial charge in [0.1, 0.15) is 0 Å². The van der Waals surface area contributed by atoms with Crippen molar-refractivity contribution in [3.8, 4) is 0 Å². The molecular weight excluding hydrogens is 454 g/mol. The third kappa shape index (κ3) is 5.78. The lowest BCUT2D eigenvalue weighted by Crippen LogP contribution is -2.42. The molecule has 28 heavy (non-hydrogen) atoms. The fraction of sp³-hybridized carbons (Fsp3) is 0.429. The van der Waals surface area contributed by atoms with Gasteiger partial charge in [0, 0.05) is 11.5 Å². The number of carbonyl (C=O) groups is 2. The molecule has 0 saturated heterocycles. The summed E-state index contributed by atoms with van der Waals surface area (Å²) in [5.41, 5.74) is 0.217. The van der Waals surface area contributed by atoms with Crippen LogP contribution in [0.5, 0.6) is 0 Å². The van der Waals surface area contributed by atoms with Gasteiger partial charge in [0.2, 0.25) is 0 Å². The zero-order valence-corrected chi connectivity index (χ0v) is 14.8. The second kappa shape index (κ2) is 8.51. The minimum Gasteiger partial charge on any atom is -0.280 e. The van der Waals surface area contributed by atoms with Crippen LogP contribution in [0.4, 0.5) is 43.9 Å². The molecule has 0 N–H and O–H groups in total. The van der Waals surface area contributed by atoms with Crippen LogP contribution in [0.25, 0.3) is 0 Å². The third-order valence-electron chi connectivity index (χ3n) is 2.99. The van der Waals surface area contributed by atoms with E-state index in [-0.39, 0.29) is 34.7 Å². The molecule has 0 aliphatic carbocycles. The van der Waals surface area contributed by atoms with Crippen molar-refractivity contribution >= 4 is 33.8 Å². The Balaban J connectivity index is 2.63. The molecule has 0 unspecified atom stereocenters. The standard InChI is InChI=1S/C14H8F10O2S2/c15-11(16,13(19,20)21)9(25)27-5-7-1-2-8(4-3-7)6-28-10(26)12(17,18)14(22,23)24/h1-4H,5-6H2. The average Bonchev–Trinajstić information content (AvgIpc) is 2.56. The van der Waals surface area contributed by atoms with Gasteiger partial charge in [0.15, 0.2) is 0 Å². The van der Waals surface area contributed by atoms with E-state index in [4.69, 9.17) is 0 Å². The second-order valence-electron chi connectivity index (χ2n) is 5.11. The number of alkyl halides is 10. The van der Waals surface area contributed by atoms with Crippen molar-refractivity contribution in [1.82, 2.24) is 0 Å². The SMILES string of the molecule is O=C(SCc1ccc(CSC(=O)C(F)(F)C(F)(F)F)cc1)C(F)(F)C(F)(F)F. The Labute approximate surface area is 159 Å². The monoisotopic (exact) mass is 462 g/mol. The average molecular weight is 462 g/mol. The van der Waals surface area contributed by atoms with E-state index in [0.29, 0.717) is 0 Å². The summed E-state index contributed by atoms with van der Waals surface area (Å²) in [6.45, 7) is 0. The first-order chi connectivity index (χ1) is 12.5. The molecule has 14 heteroatoms. The molecule has 0 aliphatic rings. The van der Waals surface area contributed by atoms with Gasteiger partial charge in [-0.05, 0) is 11.1 Å². The Morgan fingerprint density at radius 3 is 1.07 bits per heavy atom. The van der Waals surface area contributed by atoms with E-state index in [2.05, 4.69) is 0 Å².